The van der Waals surface area contributed by atoms with Gasteiger partial charge in [0.15, 0.2) is 0 Å². The minimum atomic E-state index is -0.244. The average molecular weight is 493 g/mol. The molecule has 5 nitrogen and oxygen atoms in total. The van der Waals surface area contributed by atoms with Gasteiger partial charge in [0.1, 0.15) is 20.8 Å². The van der Waals surface area contributed by atoms with Gasteiger partial charge >= 0.3 is 0 Å². The Bertz CT molecular complexity index is 1330. The summed E-state index contributed by atoms with van der Waals surface area (Å²) < 4.78 is 0. The highest BCUT2D eigenvalue weighted by molar-refractivity contribution is 7.21. The summed E-state index contributed by atoms with van der Waals surface area (Å²) in [7, 11) is 0. The van der Waals surface area contributed by atoms with Crippen LogP contribution in [0.3, 0.4) is 0 Å². The number of nitrogens with one attached hydrogen (secondary N) is 1. The molecule has 0 aliphatic heterocycles. The maximum atomic E-state index is 13.3. The highest BCUT2D eigenvalue weighted by Gasteiger charge is 2.32. The van der Waals surface area contributed by atoms with Crippen molar-refractivity contribution in [1.29, 1.82) is 5.26 Å². The third-order valence-electron chi connectivity index (χ3n) is 8.16. The summed E-state index contributed by atoms with van der Waals surface area (Å²) in [6.45, 7) is 9.22. The summed E-state index contributed by atoms with van der Waals surface area (Å²) in [5, 5.41) is 14.3. The SMILES string of the molecule is CCC(C)(C)C1CCc2nc3sc(C(=O)Nc4sc5c(c4C#N)CCC(C)C5)c(N)c3cc2C1. The Morgan fingerprint density at radius 1 is 1.29 bits per heavy atom. The Labute approximate surface area is 209 Å². The van der Waals surface area contributed by atoms with Crippen LogP contribution >= 0.6 is 22.7 Å². The number of nitriles is 1. The molecule has 2 aliphatic rings. The molecule has 5 rings (SSSR count). The van der Waals surface area contributed by atoms with Crippen molar-refractivity contribution in [3.63, 3.8) is 0 Å². The van der Waals surface area contributed by atoms with Crippen molar-refractivity contribution in [1.82, 2.24) is 4.98 Å². The van der Waals surface area contributed by atoms with Gasteiger partial charge in [0.2, 0.25) is 0 Å². The number of nitrogens with two attached hydrogens (primary N) is 1. The number of hydrogen-bond donors (Lipinski definition) is 2. The molecule has 0 saturated heterocycles. The van der Waals surface area contributed by atoms with Gasteiger partial charge in [-0.05, 0) is 73.0 Å². The highest BCUT2D eigenvalue weighted by Crippen LogP contribution is 2.43. The second-order valence-corrected chi connectivity index (χ2v) is 12.8. The van der Waals surface area contributed by atoms with Crippen LogP contribution in [0.25, 0.3) is 10.2 Å². The average Bonchev–Trinajstić information content (AvgIpc) is 3.32. The van der Waals surface area contributed by atoms with E-state index >= 15 is 0 Å². The number of nitrogens with zero attached hydrogens (tertiary/aromatic N) is 2. The van der Waals surface area contributed by atoms with Crippen LogP contribution in [0.15, 0.2) is 6.07 Å². The van der Waals surface area contributed by atoms with Crippen LogP contribution in [0, 0.1) is 28.6 Å². The second-order valence-electron chi connectivity index (χ2n) is 10.7. The van der Waals surface area contributed by atoms with Gasteiger partial charge in [-0.3, -0.25) is 4.79 Å². The van der Waals surface area contributed by atoms with Gasteiger partial charge < -0.3 is 11.1 Å². The molecule has 7 heteroatoms. The zero-order valence-corrected chi connectivity index (χ0v) is 22.0. The summed E-state index contributed by atoms with van der Waals surface area (Å²) in [6, 6.07) is 4.50. The number of anilines is 2. The van der Waals surface area contributed by atoms with Crippen LogP contribution in [0.1, 0.15) is 83.9 Å². The van der Waals surface area contributed by atoms with Crippen LogP contribution in [-0.2, 0) is 25.7 Å². The van der Waals surface area contributed by atoms with Crippen LogP contribution < -0.4 is 11.1 Å². The molecule has 3 aromatic heterocycles. The van der Waals surface area contributed by atoms with E-state index in [2.05, 4.69) is 45.1 Å². The third kappa shape index (κ3) is 3.91. The monoisotopic (exact) mass is 492 g/mol. The first-order chi connectivity index (χ1) is 16.2. The number of fused-ring (bicyclic) bond motifs is 3. The van der Waals surface area contributed by atoms with Crippen LogP contribution in [-0.4, -0.2) is 10.9 Å². The number of aryl methyl sites for hydroxylation is 1. The summed E-state index contributed by atoms with van der Waals surface area (Å²) in [5.74, 6) is 0.995. The Morgan fingerprint density at radius 3 is 2.82 bits per heavy atom. The number of aromatic nitrogens is 1. The molecule has 2 aliphatic carbocycles. The van der Waals surface area contributed by atoms with Gasteiger partial charge in [-0.1, -0.05) is 34.1 Å². The molecule has 0 fully saturated rings. The predicted molar refractivity (Wildman–Crippen MR) is 142 cm³/mol. The molecular weight excluding hydrogens is 460 g/mol. The van der Waals surface area contributed by atoms with Gasteiger partial charge in [-0.2, -0.15) is 5.26 Å². The molecular formula is C27H32N4OS2. The second kappa shape index (κ2) is 8.66. The Balaban J connectivity index is 1.45. The molecule has 1 amide bonds. The minimum Gasteiger partial charge on any atom is -0.397 e. The number of amides is 1. The zero-order chi connectivity index (χ0) is 24.2. The smallest absolute Gasteiger partial charge is 0.268 e. The molecule has 0 saturated carbocycles. The molecule has 2 unspecified atom stereocenters. The molecule has 0 radical (unpaired) electrons. The number of carbonyl (C=O) groups excluding carboxylic acids is 1. The van der Waals surface area contributed by atoms with Crippen LogP contribution in [0.5, 0.6) is 0 Å². The van der Waals surface area contributed by atoms with E-state index in [1.807, 2.05) is 0 Å². The Morgan fingerprint density at radius 2 is 2.09 bits per heavy atom. The lowest BCUT2D eigenvalue weighted by Gasteiger charge is -2.36. The standard InChI is InChI=1S/C27H32N4OS2/c1-5-27(3,4)16-7-9-20-15(11-16)12-18-22(29)23(34-25(18)30-20)24(32)31-26-19(13-28)17-8-6-14(2)10-21(17)33-26/h12,14,16H,5-11,29H2,1-4H3,(H,31,32). The minimum absolute atomic E-state index is 0.244. The van der Waals surface area contributed by atoms with Gasteiger partial charge in [-0.15, -0.1) is 22.7 Å². The summed E-state index contributed by atoms with van der Waals surface area (Å²) in [5.41, 5.74) is 11.5. The quantitative estimate of drug-likeness (QED) is 0.422. The van der Waals surface area contributed by atoms with Crippen LogP contribution in [0.4, 0.5) is 10.7 Å². The van der Waals surface area contributed by atoms with E-state index in [-0.39, 0.29) is 5.91 Å². The molecule has 3 aromatic rings. The van der Waals surface area contributed by atoms with E-state index in [0.29, 0.717) is 38.4 Å². The van der Waals surface area contributed by atoms with E-state index in [0.717, 1.165) is 66.4 Å². The first kappa shape index (κ1) is 23.3. The fraction of sp³-hybridized carbons (Fsp3) is 0.519. The number of rotatable bonds is 4. The molecule has 0 spiro atoms. The third-order valence-corrected chi connectivity index (χ3v) is 10.4. The normalized spacial score (nSPS) is 20.0. The highest BCUT2D eigenvalue weighted by atomic mass is 32.1. The first-order valence-corrected chi connectivity index (χ1v) is 13.9. The van der Waals surface area contributed by atoms with Crippen molar-refractivity contribution >= 4 is 49.5 Å². The van der Waals surface area contributed by atoms with E-state index in [4.69, 9.17) is 10.7 Å². The Hall–Kier alpha value is -2.43. The summed E-state index contributed by atoms with van der Waals surface area (Å²) in [4.78, 5) is 20.8. The molecule has 178 valence electrons. The van der Waals surface area contributed by atoms with E-state index < -0.39 is 0 Å². The fourth-order valence-corrected chi connectivity index (χ4v) is 7.78. The van der Waals surface area contributed by atoms with Crippen molar-refractivity contribution in [2.24, 2.45) is 17.3 Å². The van der Waals surface area contributed by atoms with E-state index in [1.54, 1.807) is 11.3 Å². The van der Waals surface area contributed by atoms with E-state index in [9.17, 15) is 10.1 Å². The number of hydrogen-bond acceptors (Lipinski definition) is 6. The lowest BCUT2D eigenvalue weighted by atomic mass is 9.69. The number of carbonyl (C=O) groups is 1. The van der Waals surface area contributed by atoms with Gasteiger partial charge in [-0.25, -0.2) is 4.98 Å². The van der Waals surface area contributed by atoms with Crippen LogP contribution in [0.2, 0.25) is 0 Å². The maximum absolute atomic E-state index is 13.3. The van der Waals surface area contributed by atoms with Crippen molar-refractivity contribution in [3.05, 3.63) is 38.2 Å². The van der Waals surface area contributed by atoms with Crippen molar-refractivity contribution < 1.29 is 4.79 Å². The van der Waals surface area contributed by atoms with E-state index in [1.165, 1.54) is 21.8 Å². The fourth-order valence-electron chi connectivity index (χ4n) is 5.43. The predicted octanol–water partition coefficient (Wildman–Crippen LogP) is 6.73. The molecule has 3 heterocycles. The zero-order valence-electron chi connectivity index (χ0n) is 20.4. The molecule has 0 aromatic carbocycles. The maximum Gasteiger partial charge on any atom is 0.268 e. The number of nitrogen functional groups attached to an aromatic ring is 1. The van der Waals surface area contributed by atoms with Crippen molar-refractivity contribution in [3.8, 4) is 6.07 Å². The summed E-state index contributed by atoms with van der Waals surface area (Å²) >= 11 is 2.90. The lowest BCUT2D eigenvalue weighted by Crippen LogP contribution is -2.29. The van der Waals surface area contributed by atoms with Crippen molar-refractivity contribution in [2.75, 3.05) is 11.1 Å². The summed E-state index contributed by atoms with van der Waals surface area (Å²) in [6.07, 6.45) is 7.26. The van der Waals surface area contributed by atoms with Gasteiger partial charge in [0, 0.05) is 16.0 Å². The molecule has 0 bridgehead atoms. The molecule has 2 atom stereocenters. The molecule has 3 N–H and O–H groups in total. The first-order valence-electron chi connectivity index (χ1n) is 12.3. The Kier molecular flexibility index (Phi) is 5.94. The number of thiophene rings is 2. The van der Waals surface area contributed by atoms with Gasteiger partial charge in [0.05, 0.1) is 11.3 Å². The van der Waals surface area contributed by atoms with Crippen molar-refractivity contribution in [2.45, 2.75) is 72.6 Å². The number of pyridine rings is 1. The topological polar surface area (TPSA) is 91.8 Å². The molecule has 34 heavy (non-hydrogen) atoms. The lowest BCUT2D eigenvalue weighted by molar-refractivity contribution is 0.103. The van der Waals surface area contributed by atoms with Gasteiger partial charge in [0.25, 0.3) is 5.91 Å². The largest absolute Gasteiger partial charge is 0.397 e.